The van der Waals surface area contributed by atoms with E-state index in [9.17, 15) is 0 Å². The van der Waals surface area contributed by atoms with Gasteiger partial charge in [0.1, 0.15) is 0 Å². The average molecular weight is 256 g/mol. The van der Waals surface area contributed by atoms with E-state index in [-0.39, 0.29) is 0 Å². The highest BCUT2D eigenvalue weighted by molar-refractivity contribution is 5.62. The molecule has 0 radical (unpaired) electrons. The summed E-state index contributed by atoms with van der Waals surface area (Å²) in [6.45, 7) is 2.45. The fourth-order valence-electron chi connectivity index (χ4n) is 4.09. The minimum absolute atomic E-state index is 0.748. The number of benzene rings is 1. The van der Waals surface area contributed by atoms with Crippen LogP contribution in [0.25, 0.3) is 0 Å². The summed E-state index contributed by atoms with van der Waals surface area (Å²) in [4.78, 5) is 2.57. The maximum absolute atomic E-state index is 3.64. The zero-order valence-corrected chi connectivity index (χ0v) is 11.9. The van der Waals surface area contributed by atoms with Gasteiger partial charge in [0.15, 0.2) is 0 Å². The van der Waals surface area contributed by atoms with E-state index in [2.05, 4.69) is 35.5 Å². The predicted octanol–water partition coefficient (Wildman–Crippen LogP) is 3.56. The van der Waals surface area contributed by atoms with Gasteiger partial charge in [0.05, 0.1) is 0 Å². The molecule has 1 aliphatic carbocycles. The van der Waals surface area contributed by atoms with Crippen molar-refractivity contribution in [3.8, 4) is 0 Å². The van der Waals surface area contributed by atoms with Crippen molar-refractivity contribution >= 4 is 5.69 Å². The molecule has 1 saturated heterocycles. The molecule has 1 unspecified atom stereocenters. The summed E-state index contributed by atoms with van der Waals surface area (Å²) in [5.74, 6) is 1.62. The van der Waals surface area contributed by atoms with Gasteiger partial charge in [-0.1, -0.05) is 12.1 Å². The maximum Gasteiger partial charge on any atom is 0.0379 e. The van der Waals surface area contributed by atoms with Crippen LogP contribution in [0.3, 0.4) is 0 Å². The van der Waals surface area contributed by atoms with Crippen LogP contribution in [-0.4, -0.2) is 31.1 Å². The van der Waals surface area contributed by atoms with Gasteiger partial charge in [-0.05, 0) is 68.8 Å². The molecule has 0 spiro atoms. The Morgan fingerprint density at radius 1 is 1.26 bits per heavy atom. The van der Waals surface area contributed by atoms with E-state index >= 15 is 0 Å². The highest BCUT2D eigenvalue weighted by Gasteiger charge is 2.34. The normalized spacial score (nSPS) is 30.4. The number of hydrogen-bond acceptors (Lipinski definition) is 2. The number of fused-ring (bicyclic) bond motifs is 1. The lowest BCUT2D eigenvalue weighted by Gasteiger charge is -2.23. The first-order valence-electron chi connectivity index (χ1n) is 7.90. The zero-order valence-electron chi connectivity index (χ0n) is 11.9. The Hall–Kier alpha value is -1.02. The average Bonchev–Trinajstić information content (AvgIpc) is 3.08. The van der Waals surface area contributed by atoms with Gasteiger partial charge < -0.3 is 10.2 Å². The summed E-state index contributed by atoms with van der Waals surface area (Å²) in [5.41, 5.74) is 4.76. The molecule has 3 aliphatic rings. The highest BCUT2D eigenvalue weighted by atomic mass is 15.1. The molecule has 1 aromatic carbocycles. The smallest absolute Gasteiger partial charge is 0.0379 e. The molecule has 2 aliphatic heterocycles. The Morgan fingerprint density at radius 3 is 2.89 bits per heavy atom. The lowest BCUT2D eigenvalue weighted by molar-refractivity contribution is 0.285. The lowest BCUT2D eigenvalue weighted by Crippen LogP contribution is -2.27. The molecule has 4 rings (SSSR count). The number of hydrogen-bond donors (Lipinski definition) is 1. The van der Waals surface area contributed by atoms with Crippen molar-refractivity contribution in [2.45, 2.75) is 50.0 Å². The zero-order chi connectivity index (χ0) is 12.8. The van der Waals surface area contributed by atoms with Gasteiger partial charge in [0.25, 0.3) is 0 Å². The predicted molar refractivity (Wildman–Crippen MR) is 79.9 cm³/mol. The second-order valence-electron chi connectivity index (χ2n) is 6.67. The van der Waals surface area contributed by atoms with Crippen LogP contribution in [-0.2, 0) is 0 Å². The summed E-state index contributed by atoms with van der Waals surface area (Å²) < 4.78 is 0. The van der Waals surface area contributed by atoms with Crippen LogP contribution in [0.15, 0.2) is 18.2 Å². The van der Waals surface area contributed by atoms with Crippen molar-refractivity contribution < 1.29 is 0 Å². The van der Waals surface area contributed by atoms with E-state index in [1.54, 1.807) is 11.1 Å². The summed E-state index contributed by atoms with van der Waals surface area (Å²) in [5, 5.41) is 3.64. The van der Waals surface area contributed by atoms with Crippen molar-refractivity contribution in [1.29, 1.82) is 0 Å². The van der Waals surface area contributed by atoms with E-state index in [1.165, 1.54) is 44.3 Å². The first-order valence-corrected chi connectivity index (χ1v) is 7.90. The monoisotopic (exact) mass is 256 g/mol. The molecule has 1 aromatic rings. The molecular formula is C17H24N2. The maximum atomic E-state index is 3.64. The Kier molecular flexibility index (Phi) is 2.80. The highest BCUT2D eigenvalue weighted by Crippen LogP contribution is 2.48. The van der Waals surface area contributed by atoms with Gasteiger partial charge in [0, 0.05) is 24.2 Å². The van der Waals surface area contributed by atoms with Crippen LogP contribution >= 0.6 is 0 Å². The van der Waals surface area contributed by atoms with E-state index < -0.39 is 0 Å². The van der Waals surface area contributed by atoms with Gasteiger partial charge in [-0.3, -0.25) is 0 Å². The van der Waals surface area contributed by atoms with E-state index in [0.717, 1.165) is 24.4 Å². The summed E-state index contributed by atoms with van der Waals surface area (Å²) in [6, 6.07) is 7.71. The molecule has 1 saturated carbocycles. The van der Waals surface area contributed by atoms with Gasteiger partial charge in [-0.2, -0.15) is 0 Å². The fraction of sp³-hybridized carbons (Fsp3) is 0.647. The molecule has 2 heteroatoms. The third-order valence-corrected chi connectivity index (χ3v) is 5.33. The number of nitrogens with one attached hydrogen (secondary N) is 1. The van der Waals surface area contributed by atoms with Gasteiger partial charge in [-0.25, -0.2) is 0 Å². The first-order chi connectivity index (χ1) is 9.33. The second-order valence-corrected chi connectivity index (χ2v) is 6.67. The first kappa shape index (κ1) is 11.8. The molecule has 0 amide bonds. The topological polar surface area (TPSA) is 15.3 Å². The van der Waals surface area contributed by atoms with Crippen LogP contribution in [0, 0.1) is 0 Å². The van der Waals surface area contributed by atoms with Crippen molar-refractivity contribution in [3.63, 3.8) is 0 Å². The van der Waals surface area contributed by atoms with Crippen molar-refractivity contribution in [2.24, 2.45) is 0 Å². The molecule has 102 valence electrons. The van der Waals surface area contributed by atoms with Crippen molar-refractivity contribution in [2.75, 3.05) is 25.5 Å². The third kappa shape index (κ3) is 2.06. The molecule has 2 atom stereocenters. The Balaban J connectivity index is 1.60. The van der Waals surface area contributed by atoms with Crippen LogP contribution in [0.2, 0.25) is 0 Å². The van der Waals surface area contributed by atoms with Gasteiger partial charge >= 0.3 is 0 Å². The standard InChI is InChI=1S/C17H24N2/c1-19-9-3-4-14(19)10-13-11-18-16-6-2-5-15(17(13)16)12-7-8-12/h2,5-6,12-14,18H,3-4,7-11H2,1H3/t13?,14-/m1/s1. The second kappa shape index (κ2) is 4.52. The number of nitrogens with zero attached hydrogens (tertiary/aromatic N) is 1. The van der Waals surface area contributed by atoms with Crippen LogP contribution in [0.5, 0.6) is 0 Å². The molecule has 2 heterocycles. The number of rotatable bonds is 3. The molecule has 19 heavy (non-hydrogen) atoms. The van der Waals surface area contributed by atoms with Crippen LogP contribution in [0.4, 0.5) is 5.69 Å². The lowest BCUT2D eigenvalue weighted by atomic mass is 9.88. The molecule has 2 nitrogen and oxygen atoms in total. The Morgan fingerprint density at radius 2 is 2.16 bits per heavy atom. The number of likely N-dealkylation sites (tertiary alicyclic amines) is 1. The Bertz CT molecular complexity index is 478. The molecular weight excluding hydrogens is 232 g/mol. The van der Waals surface area contributed by atoms with E-state index in [4.69, 9.17) is 0 Å². The summed E-state index contributed by atoms with van der Waals surface area (Å²) in [7, 11) is 2.30. The molecule has 0 aromatic heterocycles. The number of anilines is 1. The SMILES string of the molecule is CN1CCC[C@@H]1CC1CNc2cccc(C3CC3)c21. The summed E-state index contributed by atoms with van der Waals surface area (Å²) in [6.07, 6.45) is 6.95. The van der Waals surface area contributed by atoms with Crippen molar-refractivity contribution in [3.05, 3.63) is 29.3 Å². The van der Waals surface area contributed by atoms with Crippen molar-refractivity contribution in [1.82, 2.24) is 4.90 Å². The largest absolute Gasteiger partial charge is 0.384 e. The quantitative estimate of drug-likeness (QED) is 0.889. The summed E-state index contributed by atoms with van der Waals surface area (Å²) >= 11 is 0. The molecule has 1 N–H and O–H groups in total. The fourth-order valence-corrected chi connectivity index (χ4v) is 4.09. The Labute approximate surface area is 116 Å². The van der Waals surface area contributed by atoms with E-state index in [1.807, 2.05) is 0 Å². The van der Waals surface area contributed by atoms with Crippen LogP contribution < -0.4 is 5.32 Å². The van der Waals surface area contributed by atoms with Gasteiger partial charge in [-0.15, -0.1) is 0 Å². The molecule has 2 fully saturated rings. The minimum Gasteiger partial charge on any atom is -0.384 e. The van der Waals surface area contributed by atoms with Gasteiger partial charge in [0.2, 0.25) is 0 Å². The van der Waals surface area contributed by atoms with Crippen LogP contribution in [0.1, 0.15) is 55.1 Å². The molecule has 0 bridgehead atoms. The van der Waals surface area contributed by atoms with E-state index in [0.29, 0.717) is 0 Å². The minimum atomic E-state index is 0.748. The third-order valence-electron chi connectivity index (χ3n) is 5.33.